The van der Waals surface area contributed by atoms with E-state index in [0.717, 1.165) is 15.6 Å². The molecule has 168 valence electrons. The highest BCUT2D eigenvalue weighted by molar-refractivity contribution is 9.10. The number of carbonyl (C=O) groups excluding carboxylic acids is 1. The molecular formula is C28H20BrClN2O2. The molecule has 6 heteroatoms. The molecule has 0 bridgehead atoms. The summed E-state index contributed by atoms with van der Waals surface area (Å²) in [7, 11) is 0. The molecule has 4 nitrogen and oxygen atoms in total. The standard InChI is InChI=1S/C28H20BrClN2O2/c1-18-6-10-24(30)15-26(18)32-28(33)23(16-31)12-19-8-11-27(25(29)14-19)34-17-20-7-9-21-4-2-3-5-22(21)13-20/h2-15H,17H2,1H3,(H,32,33)/b23-12+. The lowest BCUT2D eigenvalue weighted by Gasteiger charge is -2.10. The predicted octanol–water partition coefficient (Wildman–Crippen LogP) is 7.69. The molecule has 0 aromatic heterocycles. The summed E-state index contributed by atoms with van der Waals surface area (Å²) in [5, 5.41) is 15.1. The number of fused-ring (bicyclic) bond motifs is 1. The number of amides is 1. The number of benzene rings is 4. The van der Waals surface area contributed by atoms with Gasteiger partial charge in [-0.05, 0) is 86.7 Å². The van der Waals surface area contributed by atoms with E-state index in [-0.39, 0.29) is 5.57 Å². The van der Waals surface area contributed by atoms with Gasteiger partial charge in [0, 0.05) is 10.7 Å². The van der Waals surface area contributed by atoms with Crippen molar-refractivity contribution in [2.45, 2.75) is 13.5 Å². The number of nitriles is 1. The first-order valence-corrected chi connectivity index (χ1v) is 11.7. The fraction of sp³-hybridized carbons (Fsp3) is 0.0714. The molecule has 0 aliphatic heterocycles. The second-order valence-electron chi connectivity index (χ2n) is 7.74. The average molecular weight is 532 g/mol. The lowest BCUT2D eigenvalue weighted by atomic mass is 10.1. The Kier molecular flexibility index (Phi) is 7.32. The summed E-state index contributed by atoms with van der Waals surface area (Å²) in [6.07, 6.45) is 1.53. The zero-order valence-corrected chi connectivity index (χ0v) is 20.7. The van der Waals surface area contributed by atoms with Crippen LogP contribution in [0.3, 0.4) is 0 Å². The summed E-state index contributed by atoms with van der Waals surface area (Å²) in [5.74, 6) is 0.170. The van der Waals surface area contributed by atoms with E-state index in [0.29, 0.717) is 28.6 Å². The van der Waals surface area contributed by atoms with Crippen LogP contribution < -0.4 is 10.1 Å². The number of hydrogen-bond acceptors (Lipinski definition) is 3. The summed E-state index contributed by atoms with van der Waals surface area (Å²) in [6.45, 7) is 2.28. The SMILES string of the molecule is Cc1ccc(Cl)cc1NC(=O)/C(C#N)=C/c1ccc(OCc2ccc3ccccc3c2)c(Br)c1. The molecule has 0 saturated heterocycles. The first-order chi connectivity index (χ1) is 16.4. The highest BCUT2D eigenvalue weighted by atomic mass is 79.9. The van der Waals surface area contributed by atoms with Gasteiger partial charge in [-0.25, -0.2) is 0 Å². The summed E-state index contributed by atoms with van der Waals surface area (Å²) >= 11 is 9.55. The van der Waals surface area contributed by atoms with Crippen LogP contribution in [-0.2, 0) is 11.4 Å². The molecule has 1 N–H and O–H groups in total. The van der Waals surface area contributed by atoms with Crippen molar-refractivity contribution >= 4 is 56.0 Å². The van der Waals surface area contributed by atoms with Gasteiger partial charge in [-0.3, -0.25) is 4.79 Å². The van der Waals surface area contributed by atoms with Crippen LogP contribution in [-0.4, -0.2) is 5.91 Å². The molecule has 0 aliphatic carbocycles. The summed E-state index contributed by atoms with van der Waals surface area (Å²) in [6, 6.07) is 27.0. The fourth-order valence-corrected chi connectivity index (χ4v) is 4.13. The average Bonchev–Trinajstić information content (AvgIpc) is 2.84. The van der Waals surface area contributed by atoms with Gasteiger partial charge in [0.15, 0.2) is 0 Å². The van der Waals surface area contributed by atoms with Crippen molar-refractivity contribution in [1.29, 1.82) is 5.26 Å². The Morgan fingerprint density at radius 1 is 1.06 bits per heavy atom. The minimum Gasteiger partial charge on any atom is -0.488 e. The number of nitrogens with zero attached hydrogens (tertiary/aromatic N) is 1. The van der Waals surface area contributed by atoms with Crippen LogP contribution >= 0.6 is 27.5 Å². The molecule has 0 radical (unpaired) electrons. The third-order valence-corrected chi connectivity index (χ3v) is 6.14. The van der Waals surface area contributed by atoms with Crippen molar-refractivity contribution < 1.29 is 9.53 Å². The number of anilines is 1. The Balaban J connectivity index is 1.46. The lowest BCUT2D eigenvalue weighted by Crippen LogP contribution is -2.14. The number of ether oxygens (including phenoxy) is 1. The monoisotopic (exact) mass is 530 g/mol. The molecule has 0 aliphatic rings. The molecule has 4 rings (SSSR count). The Labute approximate surface area is 211 Å². The van der Waals surface area contributed by atoms with E-state index in [9.17, 15) is 10.1 Å². The van der Waals surface area contributed by atoms with E-state index in [2.05, 4.69) is 45.5 Å². The fourth-order valence-electron chi connectivity index (χ4n) is 3.45. The molecule has 0 spiro atoms. The lowest BCUT2D eigenvalue weighted by molar-refractivity contribution is -0.112. The van der Waals surface area contributed by atoms with Crippen LogP contribution in [0, 0.1) is 18.3 Å². The highest BCUT2D eigenvalue weighted by Crippen LogP contribution is 2.28. The van der Waals surface area contributed by atoms with Gasteiger partial charge >= 0.3 is 0 Å². The third kappa shape index (κ3) is 5.66. The van der Waals surface area contributed by atoms with Crippen LogP contribution in [0.25, 0.3) is 16.8 Å². The minimum absolute atomic E-state index is 0.0175. The largest absolute Gasteiger partial charge is 0.488 e. The molecule has 34 heavy (non-hydrogen) atoms. The normalized spacial score (nSPS) is 11.2. The van der Waals surface area contributed by atoms with Crippen molar-refractivity contribution in [2.75, 3.05) is 5.32 Å². The molecule has 0 unspecified atom stereocenters. The van der Waals surface area contributed by atoms with Crippen molar-refractivity contribution in [2.24, 2.45) is 0 Å². The van der Waals surface area contributed by atoms with Gasteiger partial charge in [-0.2, -0.15) is 5.26 Å². The van der Waals surface area contributed by atoms with Crippen LogP contribution in [0.2, 0.25) is 5.02 Å². The summed E-state index contributed by atoms with van der Waals surface area (Å²) in [5.41, 5.74) is 3.16. The van der Waals surface area contributed by atoms with Gasteiger partial charge in [0.05, 0.1) is 4.47 Å². The molecule has 4 aromatic rings. The zero-order chi connectivity index (χ0) is 24.1. The predicted molar refractivity (Wildman–Crippen MR) is 141 cm³/mol. The minimum atomic E-state index is -0.499. The van der Waals surface area contributed by atoms with E-state index < -0.39 is 5.91 Å². The number of rotatable bonds is 6. The second-order valence-corrected chi connectivity index (χ2v) is 9.03. The first-order valence-electron chi connectivity index (χ1n) is 10.5. The van der Waals surface area contributed by atoms with Gasteiger partial charge in [0.1, 0.15) is 24.0 Å². The maximum atomic E-state index is 12.6. The van der Waals surface area contributed by atoms with E-state index in [1.807, 2.05) is 49.4 Å². The maximum Gasteiger partial charge on any atom is 0.266 e. The van der Waals surface area contributed by atoms with Gasteiger partial charge in [0.25, 0.3) is 5.91 Å². The van der Waals surface area contributed by atoms with Crippen LogP contribution in [0.4, 0.5) is 5.69 Å². The zero-order valence-electron chi connectivity index (χ0n) is 18.3. The van der Waals surface area contributed by atoms with E-state index >= 15 is 0 Å². The number of nitrogens with one attached hydrogen (secondary N) is 1. The van der Waals surface area contributed by atoms with Crippen molar-refractivity contribution in [1.82, 2.24) is 0 Å². The molecule has 0 saturated carbocycles. The molecule has 0 atom stereocenters. The molecular weight excluding hydrogens is 512 g/mol. The quantitative estimate of drug-likeness (QED) is 0.205. The van der Waals surface area contributed by atoms with Gasteiger partial charge in [0.2, 0.25) is 0 Å². The molecule has 0 fully saturated rings. The molecule has 1 amide bonds. The van der Waals surface area contributed by atoms with Gasteiger partial charge in [-0.15, -0.1) is 0 Å². The summed E-state index contributed by atoms with van der Waals surface area (Å²) < 4.78 is 6.71. The Morgan fingerprint density at radius 3 is 2.62 bits per heavy atom. The number of hydrogen-bond donors (Lipinski definition) is 1. The topological polar surface area (TPSA) is 62.1 Å². The van der Waals surface area contributed by atoms with E-state index in [1.165, 1.54) is 16.8 Å². The number of carbonyl (C=O) groups is 1. The second kappa shape index (κ2) is 10.6. The van der Waals surface area contributed by atoms with E-state index in [1.54, 1.807) is 18.2 Å². The maximum absolute atomic E-state index is 12.6. The smallest absolute Gasteiger partial charge is 0.266 e. The number of halogens is 2. The van der Waals surface area contributed by atoms with E-state index in [4.69, 9.17) is 16.3 Å². The van der Waals surface area contributed by atoms with Crippen LogP contribution in [0.5, 0.6) is 5.75 Å². The summed E-state index contributed by atoms with van der Waals surface area (Å²) in [4.78, 5) is 12.6. The van der Waals surface area contributed by atoms with Crippen molar-refractivity contribution in [3.05, 3.63) is 111 Å². The van der Waals surface area contributed by atoms with Crippen LogP contribution in [0.1, 0.15) is 16.7 Å². The van der Waals surface area contributed by atoms with Crippen molar-refractivity contribution in [3.63, 3.8) is 0 Å². The highest BCUT2D eigenvalue weighted by Gasteiger charge is 2.12. The van der Waals surface area contributed by atoms with Crippen LogP contribution in [0.15, 0.2) is 88.9 Å². The Morgan fingerprint density at radius 2 is 1.85 bits per heavy atom. The van der Waals surface area contributed by atoms with Gasteiger partial charge in [-0.1, -0.05) is 60.1 Å². The Bertz CT molecular complexity index is 1460. The molecule has 0 heterocycles. The Hall–Kier alpha value is -3.59. The first kappa shape index (κ1) is 23.6. The third-order valence-electron chi connectivity index (χ3n) is 5.29. The van der Waals surface area contributed by atoms with Crippen molar-refractivity contribution in [3.8, 4) is 11.8 Å². The van der Waals surface area contributed by atoms with Gasteiger partial charge < -0.3 is 10.1 Å². The number of aryl methyl sites for hydroxylation is 1. The molecule has 4 aromatic carbocycles.